The maximum atomic E-state index is 12.6. The highest BCUT2D eigenvalue weighted by Gasteiger charge is 2.18. The molecule has 0 atom stereocenters. The number of amides is 1. The molecule has 1 amide bonds. The monoisotopic (exact) mass is 472 g/mol. The number of aromatic nitrogens is 3. The molecule has 0 unspecified atom stereocenters. The van der Waals surface area contributed by atoms with Crippen LogP contribution >= 0.6 is 0 Å². The van der Waals surface area contributed by atoms with E-state index in [2.05, 4.69) is 20.4 Å². The molecule has 174 valence electrons. The minimum atomic E-state index is -3.42. The standard InChI is InChI=1S/C21H24N6O5S/c1-14(2)24-33(31,32)13-17-9-7-16(8-10-17)12-22-21(28)20-15(3)26(25-23-20)18-5-4-6-19(11-18)27(29)30/h4-11,14,24H,12-13H2,1-3H3,(H,22,28). The second kappa shape index (κ2) is 9.88. The van der Waals surface area contributed by atoms with Crippen molar-refractivity contribution in [1.29, 1.82) is 0 Å². The molecule has 0 radical (unpaired) electrons. The zero-order valence-corrected chi connectivity index (χ0v) is 19.2. The van der Waals surface area contributed by atoms with Crippen molar-refractivity contribution in [2.45, 2.75) is 39.1 Å². The van der Waals surface area contributed by atoms with Gasteiger partial charge in [0.1, 0.15) is 0 Å². The van der Waals surface area contributed by atoms with Crippen LogP contribution < -0.4 is 10.0 Å². The topological polar surface area (TPSA) is 149 Å². The molecule has 3 aromatic rings. The normalized spacial score (nSPS) is 11.5. The average molecular weight is 473 g/mol. The minimum Gasteiger partial charge on any atom is -0.347 e. The second-order valence-electron chi connectivity index (χ2n) is 7.74. The average Bonchev–Trinajstić information content (AvgIpc) is 3.13. The third-order valence-corrected chi connectivity index (χ3v) is 6.19. The summed E-state index contributed by atoms with van der Waals surface area (Å²) in [4.78, 5) is 23.1. The molecule has 0 saturated heterocycles. The number of hydrogen-bond donors (Lipinski definition) is 2. The third-order valence-electron chi connectivity index (χ3n) is 4.64. The third kappa shape index (κ3) is 6.20. The molecule has 0 saturated carbocycles. The molecule has 11 nitrogen and oxygen atoms in total. The van der Waals surface area contributed by atoms with Gasteiger partial charge in [0.05, 0.1) is 22.1 Å². The first-order chi connectivity index (χ1) is 15.6. The Morgan fingerprint density at radius 1 is 1.15 bits per heavy atom. The first-order valence-electron chi connectivity index (χ1n) is 10.1. The summed E-state index contributed by atoms with van der Waals surface area (Å²) < 4.78 is 28.0. The van der Waals surface area contributed by atoms with E-state index in [1.54, 1.807) is 51.1 Å². The number of nitro benzene ring substituents is 1. The van der Waals surface area contributed by atoms with Crippen LogP contribution in [0, 0.1) is 17.0 Å². The van der Waals surface area contributed by atoms with Gasteiger partial charge in [-0.3, -0.25) is 14.9 Å². The Hall–Kier alpha value is -3.64. The van der Waals surface area contributed by atoms with Gasteiger partial charge in [0.25, 0.3) is 11.6 Å². The number of benzene rings is 2. The molecule has 3 rings (SSSR count). The number of nitrogens with zero attached hydrogens (tertiary/aromatic N) is 4. The van der Waals surface area contributed by atoms with E-state index in [0.29, 0.717) is 16.9 Å². The number of carbonyl (C=O) groups excluding carboxylic acids is 1. The molecule has 0 bridgehead atoms. The van der Waals surface area contributed by atoms with Gasteiger partial charge in [-0.2, -0.15) is 0 Å². The Kier molecular flexibility index (Phi) is 7.19. The van der Waals surface area contributed by atoms with Crippen LogP contribution in [-0.4, -0.2) is 40.3 Å². The van der Waals surface area contributed by atoms with Crippen LogP contribution in [0.4, 0.5) is 5.69 Å². The Balaban J connectivity index is 1.65. The minimum absolute atomic E-state index is 0.0929. The number of nitrogens with one attached hydrogen (secondary N) is 2. The van der Waals surface area contributed by atoms with Crippen LogP contribution in [0.25, 0.3) is 5.69 Å². The van der Waals surface area contributed by atoms with Crippen molar-refractivity contribution in [2.75, 3.05) is 0 Å². The Morgan fingerprint density at radius 3 is 2.45 bits per heavy atom. The lowest BCUT2D eigenvalue weighted by atomic mass is 10.1. The van der Waals surface area contributed by atoms with Crippen LogP contribution in [0.3, 0.4) is 0 Å². The van der Waals surface area contributed by atoms with E-state index in [4.69, 9.17) is 0 Å². The van der Waals surface area contributed by atoms with Gasteiger partial charge in [-0.15, -0.1) is 5.10 Å². The number of sulfonamides is 1. The molecule has 2 N–H and O–H groups in total. The number of rotatable bonds is 9. The number of hydrogen-bond acceptors (Lipinski definition) is 7. The van der Waals surface area contributed by atoms with Gasteiger partial charge in [0, 0.05) is 24.7 Å². The molecule has 1 heterocycles. The highest BCUT2D eigenvalue weighted by atomic mass is 32.2. The molecule has 0 aliphatic heterocycles. The largest absolute Gasteiger partial charge is 0.347 e. The molecule has 33 heavy (non-hydrogen) atoms. The number of nitro groups is 1. The fourth-order valence-electron chi connectivity index (χ4n) is 3.16. The zero-order valence-electron chi connectivity index (χ0n) is 18.3. The van der Waals surface area contributed by atoms with Crippen molar-refractivity contribution in [3.05, 3.63) is 81.2 Å². The van der Waals surface area contributed by atoms with Crippen molar-refractivity contribution in [3.63, 3.8) is 0 Å². The van der Waals surface area contributed by atoms with Crippen molar-refractivity contribution >= 4 is 21.6 Å². The quantitative estimate of drug-likeness (QED) is 0.358. The molecule has 2 aromatic carbocycles. The van der Waals surface area contributed by atoms with Crippen LogP contribution in [0.2, 0.25) is 0 Å². The fraction of sp³-hybridized carbons (Fsp3) is 0.286. The molecular formula is C21H24N6O5S. The van der Waals surface area contributed by atoms with E-state index in [-0.39, 0.29) is 29.7 Å². The number of non-ortho nitro benzene ring substituents is 1. The maximum Gasteiger partial charge on any atom is 0.274 e. The van der Waals surface area contributed by atoms with E-state index in [0.717, 1.165) is 5.56 Å². The lowest BCUT2D eigenvalue weighted by Gasteiger charge is -2.10. The summed E-state index contributed by atoms with van der Waals surface area (Å²) in [5.41, 5.74) is 2.28. The van der Waals surface area contributed by atoms with Crippen molar-refractivity contribution in [2.24, 2.45) is 0 Å². The molecule has 0 fully saturated rings. The van der Waals surface area contributed by atoms with E-state index >= 15 is 0 Å². The highest BCUT2D eigenvalue weighted by Crippen LogP contribution is 2.18. The molecular weight excluding hydrogens is 448 g/mol. The molecule has 1 aromatic heterocycles. The van der Waals surface area contributed by atoms with Gasteiger partial charge in [0.15, 0.2) is 5.69 Å². The molecule has 12 heteroatoms. The SMILES string of the molecule is Cc1c(C(=O)NCc2ccc(CS(=O)(=O)NC(C)C)cc2)nnn1-c1cccc([N+](=O)[O-])c1. The molecule has 0 spiro atoms. The summed E-state index contributed by atoms with van der Waals surface area (Å²) in [6.07, 6.45) is 0. The number of carbonyl (C=O) groups is 1. The van der Waals surface area contributed by atoms with Gasteiger partial charge in [-0.1, -0.05) is 35.5 Å². The first-order valence-corrected chi connectivity index (χ1v) is 11.7. The van der Waals surface area contributed by atoms with Crippen LogP contribution in [-0.2, 0) is 22.3 Å². The molecule has 0 aliphatic carbocycles. The second-order valence-corrected chi connectivity index (χ2v) is 9.50. The summed E-state index contributed by atoms with van der Waals surface area (Å²) in [6, 6.07) is 12.6. The summed E-state index contributed by atoms with van der Waals surface area (Å²) >= 11 is 0. The van der Waals surface area contributed by atoms with Crippen molar-refractivity contribution in [3.8, 4) is 5.69 Å². The lowest BCUT2D eigenvalue weighted by Crippen LogP contribution is -2.31. The summed E-state index contributed by atoms with van der Waals surface area (Å²) in [6.45, 7) is 5.37. The Bertz CT molecular complexity index is 1270. The van der Waals surface area contributed by atoms with E-state index in [9.17, 15) is 23.3 Å². The predicted octanol–water partition coefficient (Wildman–Crippen LogP) is 2.24. The van der Waals surface area contributed by atoms with Gasteiger partial charge >= 0.3 is 0 Å². The van der Waals surface area contributed by atoms with Gasteiger partial charge in [-0.05, 0) is 38.0 Å². The lowest BCUT2D eigenvalue weighted by molar-refractivity contribution is -0.384. The highest BCUT2D eigenvalue weighted by molar-refractivity contribution is 7.88. The van der Waals surface area contributed by atoms with Gasteiger partial charge < -0.3 is 5.32 Å². The van der Waals surface area contributed by atoms with Crippen LogP contribution in [0.1, 0.15) is 41.2 Å². The summed E-state index contributed by atoms with van der Waals surface area (Å²) in [5.74, 6) is -0.574. The molecule has 0 aliphatic rings. The smallest absolute Gasteiger partial charge is 0.274 e. The van der Waals surface area contributed by atoms with Crippen molar-refractivity contribution < 1.29 is 18.1 Å². The van der Waals surface area contributed by atoms with E-state index in [1.165, 1.54) is 22.9 Å². The maximum absolute atomic E-state index is 12.6. The summed E-state index contributed by atoms with van der Waals surface area (Å²) in [7, 11) is -3.42. The van der Waals surface area contributed by atoms with Crippen LogP contribution in [0.5, 0.6) is 0 Å². The van der Waals surface area contributed by atoms with Crippen LogP contribution in [0.15, 0.2) is 48.5 Å². The predicted molar refractivity (Wildman–Crippen MR) is 121 cm³/mol. The Morgan fingerprint density at radius 2 is 1.82 bits per heavy atom. The summed E-state index contributed by atoms with van der Waals surface area (Å²) in [5, 5.41) is 21.6. The van der Waals surface area contributed by atoms with Crippen molar-refractivity contribution in [1.82, 2.24) is 25.0 Å². The van der Waals surface area contributed by atoms with E-state index < -0.39 is 20.9 Å². The first kappa shape index (κ1) is 24.0. The Labute approximate surface area is 191 Å². The van der Waals surface area contributed by atoms with E-state index in [1.807, 2.05) is 0 Å². The van der Waals surface area contributed by atoms with Gasteiger partial charge in [-0.25, -0.2) is 17.8 Å². The fourth-order valence-corrected chi connectivity index (χ4v) is 4.59. The zero-order chi connectivity index (χ0) is 24.2. The van der Waals surface area contributed by atoms with Gasteiger partial charge in [0.2, 0.25) is 10.0 Å².